The zero-order chi connectivity index (χ0) is 64.3. The van der Waals surface area contributed by atoms with Gasteiger partial charge in [0.25, 0.3) is 0 Å². The molecule has 5 saturated heterocycles. The average Bonchev–Trinajstić information content (AvgIpc) is 1.54. The lowest BCUT2D eigenvalue weighted by molar-refractivity contribution is -0.380. The number of methoxy groups -OCH3 is 1. The summed E-state index contributed by atoms with van der Waals surface area (Å²) in [5.41, 5.74) is -3.44. The number of allylic oxidation sites excluding steroid dienone is 2. The van der Waals surface area contributed by atoms with E-state index in [4.69, 9.17) is 60.3 Å². The number of rotatable bonds is 20. The summed E-state index contributed by atoms with van der Waals surface area (Å²) >= 11 is 0. The summed E-state index contributed by atoms with van der Waals surface area (Å²) in [6.45, 7) is 12.5. The first-order valence-electron chi connectivity index (χ1n) is 28.9. The lowest BCUT2D eigenvalue weighted by Crippen LogP contribution is -2.66. The maximum Gasteiger partial charge on any atom is 0.397 e. The number of carbonyl (C=O) groups is 3. The van der Waals surface area contributed by atoms with E-state index in [0.29, 0.717) is 32.1 Å². The highest BCUT2D eigenvalue weighted by Gasteiger charge is 2.79. The van der Waals surface area contributed by atoms with Gasteiger partial charge in [-0.15, -0.1) is 0 Å². The maximum absolute atomic E-state index is 14.4. The third-order valence-corrected chi connectivity index (χ3v) is 21.4. The van der Waals surface area contributed by atoms with Gasteiger partial charge in [0.05, 0.1) is 43.4 Å². The first-order valence-corrected chi connectivity index (χ1v) is 33.0. The first-order chi connectivity index (χ1) is 40.2. The predicted molar refractivity (Wildman–Crippen MR) is 286 cm³/mol. The third-order valence-electron chi connectivity index (χ3n) is 20.0. The molecule has 0 bridgehead atoms. The van der Waals surface area contributed by atoms with E-state index in [1.54, 1.807) is 6.92 Å². The Morgan fingerprint density at radius 3 is 1.95 bits per heavy atom. The number of cyclic esters (lactones) is 1. The molecule has 4 aliphatic carbocycles. The Kier molecular flexibility index (Phi) is 19.6. The van der Waals surface area contributed by atoms with Gasteiger partial charge in [0.15, 0.2) is 31.3 Å². The second kappa shape index (κ2) is 24.8. The minimum atomic E-state index is -5.55. The van der Waals surface area contributed by atoms with Crippen LogP contribution in [0.3, 0.4) is 0 Å². The van der Waals surface area contributed by atoms with Gasteiger partial charge >= 0.3 is 37.2 Å². The van der Waals surface area contributed by atoms with E-state index in [1.165, 1.54) is 6.92 Å². The van der Waals surface area contributed by atoms with Crippen LogP contribution in [0.4, 0.5) is 0 Å². The summed E-state index contributed by atoms with van der Waals surface area (Å²) in [5.74, 6) is -1.53. The molecule has 9 aliphatic rings. The van der Waals surface area contributed by atoms with Crippen LogP contribution in [0.5, 0.6) is 0 Å². The first kappa shape index (κ1) is 68.9. The van der Waals surface area contributed by atoms with Crippen molar-refractivity contribution in [2.75, 3.05) is 26.9 Å². The highest BCUT2D eigenvalue weighted by Crippen LogP contribution is 2.75. The van der Waals surface area contributed by atoms with Crippen molar-refractivity contribution in [2.45, 2.75) is 229 Å². The lowest BCUT2D eigenvalue weighted by atomic mass is 9.41. The zero-order valence-corrected chi connectivity index (χ0v) is 51.8. The van der Waals surface area contributed by atoms with Gasteiger partial charge in [0.1, 0.15) is 90.4 Å². The van der Waals surface area contributed by atoms with Crippen LogP contribution in [0, 0.1) is 45.3 Å². The SMILES string of the molecule is COC1C(O)C(COS(=O)(=O)O)OC(OC2C(O)COC(OC3C(C)OC(OC4C(OC5CCC6(C)C7CCC89C(=O)OC(C)(CC(=O)CC(C)C)C8C(=O)CC9(C)C7=CCC6C5(C)C)OCC(OS(=O)(=O)O)C4O)C(O)C3O)C2OS(=O)(=O)O)C1O. The van der Waals surface area contributed by atoms with Crippen molar-refractivity contribution < 1.29 is 144 Å². The molecule has 8 fully saturated rings. The number of Topliss-reactive ketones (excluding diaryl/α,β-unsaturated/α-hetero) is 2. The molecule has 0 amide bonds. The van der Waals surface area contributed by atoms with Crippen LogP contribution in [0.2, 0.25) is 0 Å². The molecular formula is C53H82O31S3. The number of hydrogen-bond donors (Lipinski definition) is 9. The third kappa shape index (κ3) is 13.0. The number of esters is 1. The average molecular weight is 1310 g/mol. The maximum atomic E-state index is 14.4. The minimum absolute atomic E-state index is 0.0519. The van der Waals surface area contributed by atoms with Crippen molar-refractivity contribution in [3.05, 3.63) is 11.6 Å². The Morgan fingerprint density at radius 2 is 1.32 bits per heavy atom. The monoisotopic (exact) mass is 1310 g/mol. The van der Waals surface area contributed by atoms with Crippen molar-refractivity contribution in [2.24, 2.45) is 45.3 Å². The van der Waals surface area contributed by atoms with Crippen LogP contribution in [0.15, 0.2) is 11.6 Å². The molecule has 26 unspecified atom stereocenters. The number of carbonyl (C=O) groups excluding carboxylic acids is 3. The van der Waals surface area contributed by atoms with E-state index in [1.807, 2.05) is 34.6 Å². The fraction of sp³-hybridized carbons (Fsp3) is 0.906. The van der Waals surface area contributed by atoms with Crippen molar-refractivity contribution in [1.29, 1.82) is 0 Å². The van der Waals surface area contributed by atoms with E-state index in [0.717, 1.165) is 12.7 Å². The molecule has 9 rings (SSSR count). The minimum Gasteiger partial charge on any atom is -0.458 e. The number of aliphatic hydroxyl groups is 6. The van der Waals surface area contributed by atoms with Gasteiger partial charge in [-0.05, 0) is 74.5 Å². The Hall–Kier alpha value is -2.44. The molecule has 9 N–H and O–H groups in total. The van der Waals surface area contributed by atoms with Gasteiger partial charge in [0, 0.05) is 31.8 Å². The summed E-state index contributed by atoms with van der Waals surface area (Å²) in [6, 6.07) is 0. The van der Waals surface area contributed by atoms with Gasteiger partial charge in [0.2, 0.25) is 0 Å². The molecule has 0 aromatic carbocycles. The van der Waals surface area contributed by atoms with Crippen molar-refractivity contribution >= 4 is 48.7 Å². The normalized spacial score (nSPS) is 46.7. The summed E-state index contributed by atoms with van der Waals surface area (Å²) in [6.07, 6.45) is -30.2. The fourth-order valence-corrected chi connectivity index (χ4v) is 17.5. The quantitative estimate of drug-likeness (QED) is 0.0408. The van der Waals surface area contributed by atoms with Crippen molar-refractivity contribution in [3.63, 3.8) is 0 Å². The van der Waals surface area contributed by atoms with E-state index < -0.39 is 207 Å². The Morgan fingerprint density at radius 1 is 0.701 bits per heavy atom. The van der Waals surface area contributed by atoms with Gasteiger partial charge in [-0.3, -0.25) is 28.0 Å². The molecule has 0 radical (unpaired) electrons. The molecule has 31 nitrogen and oxygen atoms in total. The molecule has 34 heteroatoms. The van der Waals surface area contributed by atoms with E-state index >= 15 is 0 Å². The second-order valence-electron chi connectivity index (χ2n) is 26.4. The van der Waals surface area contributed by atoms with Crippen LogP contribution in [0.25, 0.3) is 0 Å². The van der Waals surface area contributed by atoms with Crippen LogP contribution in [0.1, 0.15) is 107 Å². The molecule has 5 heterocycles. The van der Waals surface area contributed by atoms with Gasteiger partial charge in [-0.1, -0.05) is 53.2 Å². The predicted octanol–water partition coefficient (Wildman–Crippen LogP) is -0.830. The van der Waals surface area contributed by atoms with Crippen LogP contribution in [-0.4, -0.2) is 236 Å². The highest BCUT2D eigenvalue weighted by molar-refractivity contribution is 7.81. The van der Waals surface area contributed by atoms with Gasteiger partial charge in [-0.25, -0.2) is 12.5 Å². The summed E-state index contributed by atoms with van der Waals surface area (Å²) in [5, 5.41) is 68.1. The zero-order valence-electron chi connectivity index (χ0n) is 49.4. The van der Waals surface area contributed by atoms with E-state index in [9.17, 15) is 79.4 Å². The largest absolute Gasteiger partial charge is 0.458 e. The summed E-state index contributed by atoms with van der Waals surface area (Å²) < 4.78 is 173. The number of hydrogen-bond acceptors (Lipinski definition) is 28. The molecule has 498 valence electrons. The van der Waals surface area contributed by atoms with Crippen LogP contribution >= 0.6 is 0 Å². The van der Waals surface area contributed by atoms with Crippen LogP contribution in [-0.2, 0) is 105 Å². The van der Waals surface area contributed by atoms with E-state index in [2.05, 4.69) is 17.2 Å². The molecule has 5 aliphatic heterocycles. The smallest absolute Gasteiger partial charge is 0.397 e. The van der Waals surface area contributed by atoms with E-state index in [-0.39, 0.29) is 48.6 Å². The fourth-order valence-electron chi connectivity index (χ4n) is 16.3. The van der Waals surface area contributed by atoms with Crippen molar-refractivity contribution in [1.82, 2.24) is 0 Å². The number of aliphatic hydroxyl groups excluding tert-OH is 6. The Bertz CT molecular complexity index is 2950. The van der Waals surface area contributed by atoms with Crippen LogP contribution < -0.4 is 0 Å². The standard InChI is InChI=1S/C53H82O31S3/c1-22(2)16-24(54)17-52(8)43-27(55)18-51(7)26-10-11-31-49(4,5)32(13-14-50(31,6)25(26)12-15-53(43,51)48(62)82-52)78-46-41(34(58)30(20-74-46)83-86(66,67)68)81-44-36(60)35(59)38(23(3)76-44)79-47-42(84-87(69,70)71)39(28(56)19-73-47)80-45-37(61)40(72-9)33(57)29(77-45)21-75-85(63,64)65/h10,22-23,25,28-47,56-61H,11-21H2,1-9H3,(H,63,64,65)(H,66,67,68)(H,69,70,71). The second-order valence-corrected chi connectivity index (χ2v) is 29.6. The molecule has 3 saturated carbocycles. The Labute approximate surface area is 503 Å². The highest BCUT2D eigenvalue weighted by atomic mass is 32.3. The molecule has 87 heavy (non-hydrogen) atoms. The van der Waals surface area contributed by atoms with Crippen molar-refractivity contribution in [3.8, 4) is 0 Å². The molecule has 26 atom stereocenters. The molecule has 0 aromatic rings. The number of ether oxygens (including phenoxy) is 10. The summed E-state index contributed by atoms with van der Waals surface area (Å²) in [7, 11) is -14.9. The Balaban J connectivity index is 0.915. The summed E-state index contributed by atoms with van der Waals surface area (Å²) in [4.78, 5) is 42.0. The lowest BCUT2D eigenvalue weighted by Gasteiger charge is -2.63. The molecular weight excluding hydrogens is 1230 g/mol. The topological polar surface area (TPSA) is 456 Å². The van der Waals surface area contributed by atoms with Gasteiger partial charge in [-0.2, -0.15) is 25.3 Å². The molecule has 0 aromatic heterocycles. The number of fused-ring (bicyclic) bond motifs is 4. The molecule has 1 spiro atoms. The van der Waals surface area contributed by atoms with Gasteiger partial charge < -0.3 is 78.0 Å². The number of ketones is 2.